The highest BCUT2D eigenvalue weighted by Gasteiger charge is 2.22. The molecule has 1 fully saturated rings. The van der Waals surface area contributed by atoms with Crippen molar-refractivity contribution in [3.05, 3.63) is 29.8 Å². The molecule has 21 heavy (non-hydrogen) atoms. The molecule has 4 nitrogen and oxygen atoms in total. The number of hydrogen-bond acceptors (Lipinski definition) is 4. The molecule has 1 N–H and O–H groups in total. The summed E-state index contributed by atoms with van der Waals surface area (Å²) < 4.78 is 0. The summed E-state index contributed by atoms with van der Waals surface area (Å²) in [4.78, 5) is 7.08. The van der Waals surface area contributed by atoms with E-state index in [1.54, 1.807) is 0 Å². The second-order valence-corrected chi connectivity index (χ2v) is 6.48. The van der Waals surface area contributed by atoms with E-state index >= 15 is 0 Å². The van der Waals surface area contributed by atoms with Crippen LogP contribution in [0.4, 0.5) is 5.69 Å². The molecule has 1 aliphatic rings. The normalized spacial score (nSPS) is 22.2. The molecule has 0 spiro atoms. The summed E-state index contributed by atoms with van der Waals surface area (Å²) in [5.41, 5.74) is 2.67. The first kappa shape index (κ1) is 16.3. The molecular weight excluding hydrogens is 260 g/mol. The largest absolute Gasteiger partial charge is 0.377 e. The monoisotopic (exact) mass is 290 g/mol. The first-order valence-electron chi connectivity index (χ1n) is 7.87. The van der Waals surface area contributed by atoms with Crippen LogP contribution in [0.2, 0.25) is 0 Å². The molecule has 1 heterocycles. The van der Waals surface area contributed by atoms with Crippen LogP contribution in [-0.4, -0.2) is 70.2 Å². The SMILES string of the molecule is C[C@H](NC[C@@H]1CN(C)CCN1C)c1ccccc1N(C)C. The Morgan fingerprint density at radius 3 is 2.67 bits per heavy atom. The highest BCUT2D eigenvalue weighted by Crippen LogP contribution is 2.24. The third-order valence-corrected chi connectivity index (χ3v) is 4.52. The fourth-order valence-corrected chi connectivity index (χ4v) is 3.01. The predicted octanol–water partition coefficient (Wildman–Crippen LogP) is 1.65. The summed E-state index contributed by atoms with van der Waals surface area (Å²) in [7, 11) is 8.66. The third-order valence-electron chi connectivity index (χ3n) is 4.52. The van der Waals surface area contributed by atoms with Gasteiger partial charge in [-0.3, -0.25) is 4.90 Å². The molecule has 1 aliphatic heterocycles. The summed E-state index contributed by atoms with van der Waals surface area (Å²) in [6.07, 6.45) is 0. The molecule has 0 radical (unpaired) electrons. The average molecular weight is 290 g/mol. The van der Waals surface area contributed by atoms with Crippen LogP contribution in [0.25, 0.3) is 0 Å². The molecule has 1 aromatic rings. The maximum atomic E-state index is 3.72. The number of piperazine rings is 1. The highest BCUT2D eigenvalue weighted by atomic mass is 15.3. The lowest BCUT2D eigenvalue weighted by Crippen LogP contribution is -2.53. The third kappa shape index (κ3) is 4.19. The second kappa shape index (κ2) is 7.25. The van der Waals surface area contributed by atoms with Crippen LogP contribution in [0, 0.1) is 0 Å². The number of nitrogens with zero attached hydrogens (tertiary/aromatic N) is 3. The van der Waals surface area contributed by atoms with Gasteiger partial charge in [-0.25, -0.2) is 0 Å². The molecule has 0 amide bonds. The first-order valence-corrected chi connectivity index (χ1v) is 7.87. The smallest absolute Gasteiger partial charge is 0.0409 e. The Hall–Kier alpha value is -1.10. The van der Waals surface area contributed by atoms with Crippen molar-refractivity contribution in [1.29, 1.82) is 0 Å². The molecule has 0 saturated carbocycles. The van der Waals surface area contributed by atoms with Gasteiger partial charge < -0.3 is 15.1 Å². The molecular formula is C17H30N4. The molecule has 4 heteroatoms. The van der Waals surface area contributed by atoms with Crippen LogP contribution in [0.15, 0.2) is 24.3 Å². The highest BCUT2D eigenvalue weighted by molar-refractivity contribution is 5.53. The van der Waals surface area contributed by atoms with Crippen molar-refractivity contribution in [1.82, 2.24) is 15.1 Å². The summed E-state index contributed by atoms with van der Waals surface area (Å²) >= 11 is 0. The molecule has 118 valence electrons. The van der Waals surface area contributed by atoms with E-state index in [1.807, 2.05) is 0 Å². The van der Waals surface area contributed by atoms with E-state index in [9.17, 15) is 0 Å². The van der Waals surface area contributed by atoms with Gasteiger partial charge in [-0.15, -0.1) is 0 Å². The summed E-state index contributed by atoms with van der Waals surface area (Å²) in [5, 5.41) is 3.72. The van der Waals surface area contributed by atoms with Crippen LogP contribution in [0.3, 0.4) is 0 Å². The van der Waals surface area contributed by atoms with Crippen molar-refractivity contribution in [2.75, 3.05) is 59.3 Å². The van der Waals surface area contributed by atoms with Crippen LogP contribution < -0.4 is 10.2 Å². The van der Waals surface area contributed by atoms with Gasteiger partial charge in [0.1, 0.15) is 0 Å². The van der Waals surface area contributed by atoms with E-state index in [-0.39, 0.29) is 0 Å². The fraction of sp³-hybridized carbons (Fsp3) is 0.647. The quantitative estimate of drug-likeness (QED) is 0.890. The van der Waals surface area contributed by atoms with Gasteiger partial charge in [0.25, 0.3) is 0 Å². The number of para-hydroxylation sites is 1. The van der Waals surface area contributed by atoms with Gasteiger partial charge in [-0.05, 0) is 32.6 Å². The second-order valence-electron chi connectivity index (χ2n) is 6.48. The number of nitrogens with one attached hydrogen (secondary N) is 1. The zero-order chi connectivity index (χ0) is 15.4. The van der Waals surface area contributed by atoms with Crippen LogP contribution in [0.5, 0.6) is 0 Å². The topological polar surface area (TPSA) is 21.8 Å². The van der Waals surface area contributed by atoms with Gasteiger partial charge in [0.15, 0.2) is 0 Å². The Balaban J connectivity index is 1.97. The summed E-state index contributed by atoms with van der Waals surface area (Å²) in [6.45, 7) is 6.77. The minimum absolute atomic E-state index is 0.365. The average Bonchev–Trinajstić information content (AvgIpc) is 2.47. The lowest BCUT2D eigenvalue weighted by Gasteiger charge is -2.38. The molecule has 0 aliphatic carbocycles. The predicted molar refractivity (Wildman–Crippen MR) is 91.1 cm³/mol. The van der Waals surface area contributed by atoms with E-state index < -0.39 is 0 Å². The van der Waals surface area contributed by atoms with Gasteiger partial charge in [-0.1, -0.05) is 18.2 Å². The van der Waals surface area contributed by atoms with Gasteiger partial charge >= 0.3 is 0 Å². The van der Waals surface area contributed by atoms with E-state index in [1.165, 1.54) is 17.8 Å². The van der Waals surface area contributed by atoms with Crippen LogP contribution in [0.1, 0.15) is 18.5 Å². The van der Waals surface area contributed by atoms with Crippen molar-refractivity contribution in [2.24, 2.45) is 0 Å². The maximum Gasteiger partial charge on any atom is 0.0409 e. The summed E-state index contributed by atoms with van der Waals surface area (Å²) in [6, 6.07) is 9.61. The molecule has 1 saturated heterocycles. The fourth-order valence-electron chi connectivity index (χ4n) is 3.01. The molecule has 0 unspecified atom stereocenters. The Morgan fingerprint density at radius 2 is 1.95 bits per heavy atom. The van der Waals surface area contributed by atoms with Crippen LogP contribution in [-0.2, 0) is 0 Å². The Bertz CT molecular complexity index is 446. The van der Waals surface area contributed by atoms with Gasteiger partial charge in [-0.2, -0.15) is 0 Å². The maximum absolute atomic E-state index is 3.72. The molecule has 0 aromatic heterocycles. The first-order chi connectivity index (χ1) is 9.99. The number of likely N-dealkylation sites (N-methyl/N-ethyl adjacent to an activating group) is 2. The molecule has 1 aromatic carbocycles. The van der Waals surface area contributed by atoms with E-state index in [0.717, 1.165) is 19.6 Å². The van der Waals surface area contributed by atoms with Crippen molar-refractivity contribution in [3.8, 4) is 0 Å². The summed E-state index contributed by atoms with van der Waals surface area (Å²) in [5.74, 6) is 0. The minimum atomic E-state index is 0.365. The van der Waals surface area contributed by atoms with Gasteiger partial charge in [0, 0.05) is 58.0 Å². The van der Waals surface area contributed by atoms with E-state index in [4.69, 9.17) is 0 Å². The zero-order valence-corrected chi connectivity index (χ0v) is 14.1. The number of benzene rings is 1. The number of anilines is 1. The minimum Gasteiger partial charge on any atom is -0.377 e. The lowest BCUT2D eigenvalue weighted by atomic mass is 10.0. The zero-order valence-electron chi connectivity index (χ0n) is 14.1. The lowest BCUT2D eigenvalue weighted by molar-refractivity contribution is 0.112. The molecule has 0 bridgehead atoms. The Labute approximate surface area is 129 Å². The van der Waals surface area contributed by atoms with Gasteiger partial charge in [0.05, 0.1) is 0 Å². The van der Waals surface area contributed by atoms with Crippen molar-refractivity contribution < 1.29 is 0 Å². The van der Waals surface area contributed by atoms with Gasteiger partial charge in [0.2, 0.25) is 0 Å². The Morgan fingerprint density at radius 1 is 1.24 bits per heavy atom. The Kier molecular flexibility index (Phi) is 5.62. The van der Waals surface area contributed by atoms with Crippen molar-refractivity contribution in [3.63, 3.8) is 0 Å². The van der Waals surface area contributed by atoms with E-state index in [0.29, 0.717) is 12.1 Å². The van der Waals surface area contributed by atoms with Crippen molar-refractivity contribution >= 4 is 5.69 Å². The van der Waals surface area contributed by atoms with Crippen molar-refractivity contribution in [2.45, 2.75) is 19.0 Å². The van der Waals surface area contributed by atoms with E-state index in [2.05, 4.69) is 79.4 Å². The molecule has 2 rings (SSSR count). The number of hydrogen-bond donors (Lipinski definition) is 1. The van der Waals surface area contributed by atoms with Crippen LogP contribution >= 0.6 is 0 Å². The number of rotatable bonds is 5. The standard InChI is InChI=1S/C17H30N4/c1-14(16-8-6-7-9-17(16)19(2)3)18-12-15-13-20(4)10-11-21(15)5/h6-9,14-15,18H,10-13H2,1-5H3/t14-,15+/m0/s1. The molecule has 2 atom stereocenters.